The van der Waals surface area contributed by atoms with Crippen molar-refractivity contribution in [1.82, 2.24) is 4.57 Å². The number of para-hydroxylation sites is 1. The first kappa shape index (κ1) is 26.3. The molecule has 0 amide bonds. The molecule has 5 aliphatic rings. The fraction of sp³-hybridized carbons (Fsp3) is 0.217. The molecule has 0 unspecified atom stereocenters. The predicted octanol–water partition coefficient (Wildman–Crippen LogP) is 12.5. The number of hydrogen-bond donors (Lipinski definition) is 0. The van der Waals surface area contributed by atoms with Gasteiger partial charge in [-0.1, -0.05) is 84.9 Å². The molecule has 4 bridgehead atoms. The van der Waals surface area contributed by atoms with Gasteiger partial charge in [-0.2, -0.15) is 0 Å². The van der Waals surface area contributed by atoms with Crippen LogP contribution in [0.15, 0.2) is 127 Å². The Kier molecular flexibility index (Phi) is 5.08. The molecule has 230 valence electrons. The largest absolute Gasteiger partial charge is 0.309 e. The lowest BCUT2D eigenvalue weighted by Crippen LogP contribution is -2.55. The van der Waals surface area contributed by atoms with Gasteiger partial charge < -0.3 is 4.57 Å². The summed E-state index contributed by atoms with van der Waals surface area (Å²) in [5.74, 6) is 3.50. The van der Waals surface area contributed by atoms with Gasteiger partial charge in [-0.05, 0) is 132 Å². The number of hydrogen-bond acceptors (Lipinski definition) is 1. The van der Waals surface area contributed by atoms with E-state index >= 15 is 0 Å². The van der Waals surface area contributed by atoms with E-state index in [1.54, 1.807) is 11.1 Å². The molecule has 48 heavy (non-hydrogen) atoms. The summed E-state index contributed by atoms with van der Waals surface area (Å²) < 4.78 is 5.23. The topological polar surface area (TPSA) is 4.93 Å². The van der Waals surface area contributed by atoms with Crippen molar-refractivity contribution in [3.8, 4) is 27.9 Å². The van der Waals surface area contributed by atoms with E-state index in [4.69, 9.17) is 0 Å². The minimum absolute atomic E-state index is 0.209. The standard InChI is InChI=1S/C46H35NS/c1-4-12-39-34(8-1)37-26-32(17-18-40(37)46(39)30-21-27-20-28(23-30)24-31(46)22-27)47-41-13-5-2-9-35(41)38-25-29(16-19-42(38)47)33-11-7-15-44-45(33)36-10-3-6-14-43(36)48-44/h1-19,25-28,30-31H,20-24H2. The highest BCUT2D eigenvalue weighted by Crippen LogP contribution is 2.69. The van der Waals surface area contributed by atoms with Crippen LogP contribution >= 0.6 is 11.3 Å². The van der Waals surface area contributed by atoms with Crippen molar-refractivity contribution in [3.05, 3.63) is 139 Å². The lowest BCUT2D eigenvalue weighted by atomic mass is 9.43. The first-order valence-corrected chi connectivity index (χ1v) is 18.8. The van der Waals surface area contributed by atoms with Gasteiger partial charge in [0.05, 0.1) is 11.0 Å². The first-order chi connectivity index (χ1) is 23.8. The van der Waals surface area contributed by atoms with Crippen LogP contribution in [0.25, 0.3) is 69.9 Å². The Morgan fingerprint density at radius 1 is 0.500 bits per heavy atom. The molecular formula is C46H35NS. The molecule has 4 fully saturated rings. The molecule has 13 rings (SSSR count). The molecule has 2 heterocycles. The van der Waals surface area contributed by atoms with Gasteiger partial charge in [0.2, 0.25) is 0 Å². The highest BCUT2D eigenvalue weighted by atomic mass is 32.1. The molecule has 5 aliphatic carbocycles. The Hall–Kier alpha value is -4.66. The van der Waals surface area contributed by atoms with Gasteiger partial charge >= 0.3 is 0 Å². The van der Waals surface area contributed by atoms with Crippen LogP contribution in [0.1, 0.15) is 43.2 Å². The van der Waals surface area contributed by atoms with Gasteiger partial charge in [-0.3, -0.25) is 0 Å². The average molecular weight is 634 g/mol. The van der Waals surface area contributed by atoms with E-state index in [0.717, 1.165) is 23.7 Å². The quantitative estimate of drug-likeness (QED) is 0.178. The van der Waals surface area contributed by atoms with Crippen molar-refractivity contribution in [3.63, 3.8) is 0 Å². The number of fused-ring (bicyclic) bond motifs is 9. The van der Waals surface area contributed by atoms with Gasteiger partial charge in [0.15, 0.2) is 0 Å². The maximum atomic E-state index is 2.56. The number of thiophene rings is 1. The van der Waals surface area contributed by atoms with Crippen molar-refractivity contribution in [2.45, 2.75) is 37.5 Å². The molecule has 1 nitrogen and oxygen atoms in total. The summed E-state index contributed by atoms with van der Waals surface area (Å²) in [4.78, 5) is 0. The molecular weight excluding hydrogens is 599 g/mol. The maximum Gasteiger partial charge on any atom is 0.0541 e. The molecule has 6 aromatic carbocycles. The zero-order valence-corrected chi connectivity index (χ0v) is 27.6. The Morgan fingerprint density at radius 2 is 1.19 bits per heavy atom. The van der Waals surface area contributed by atoms with E-state index in [9.17, 15) is 0 Å². The van der Waals surface area contributed by atoms with Gasteiger partial charge in [-0.15, -0.1) is 11.3 Å². The summed E-state index contributed by atoms with van der Waals surface area (Å²) in [6, 6.07) is 48.9. The van der Waals surface area contributed by atoms with Crippen molar-refractivity contribution in [2.75, 3.05) is 0 Å². The van der Waals surface area contributed by atoms with Crippen LogP contribution < -0.4 is 0 Å². The van der Waals surface area contributed by atoms with E-state index in [1.165, 1.54) is 102 Å². The van der Waals surface area contributed by atoms with Crippen molar-refractivity contribution >= 4 is 53.3 Å². The molecule has 0 aliphatic heterocycles. The number of rotatable bonds is 2. The second-order valence-electron chi connectivity index (χ2n) is 15.3. The molecule has 2 aromatic heterocycles. The molecule has 4 saturated carbocycles. The fourth-order valence-electron chi connectivity index (χ4n) is 11.7. The molecule has 0 saturated heterocycles. The molecule has 0 atom stereocenters. The van der Waals surface area contributed by atoms with E-state index in [2.05, 4.69) is 132 Å². The fourth-order valence-corrected chi connectivity index (χ4v) is 12.9. The minimum Gasteiger partial charge on any atom is -0.309 e. The second-order valence-corrected chi connectivity index (χ2v) is 16.4. The molecule has 2 heteroatoms. The highest BCUT2D eigenvalue weighted by molar-refractivity contribution is 7.25. The monoisotopic (exact) mass is 633 g/mol. The Bertz CT molecular complexity index is 2620. The van der Waals surface area contributed by atoms with Crippen LogP contribution in [-0.2, 0) is 5.41 Å². The SMILES string of the molecule is c1ccc2c(c1)-c1cc(-n3c4ccccc4c4cc(-c5cccc6sc7ccccc7c56)ccc43)ccc1C21C2CC3CC(C2)CC1C3. The van der Waals surface area contributed by atoms with Crippen molar-refractivity contribution in [2.24, 2.45) is 23.7 Å². The van der Waals surface area contributed by atoms with Crippen LogP contribution in [0.3, 0.4) is 0 Å². The summed E-state index contributed by atoms with van der Waals surface area (Å²) in [6.07, 6.45) is 7.18. The highest BCUT2D eigenvalue weighted by Gasteiger charge is 2.61. The van der Waals surface area contributed by atoms with Gasteiger partial charge in [0.25, 0.3) is 0 Å². The number of benzene rings is 6. The lowest BCUT2D eigenvalue weighted by molar-refractivity contribution is -0.0399. The average Bonchev–Trinajstić information content (AvgIpc) is 3.76. The van der Waals surface area contributed by atoms with Crippen LogP contribution in [0, 0.1) is 23.7 Å². The van der Waals surface area contributed by atoms with E-state index in [-0.39, 0.29) is 5.41 Å². The summed E-state index contributed by atoms with van der Waals surface area (Å²) >= 11 is 1.89. The zero-order chi connectivity index (χ0) is 31.1. The molecule has 8 aromatic rings. The molecule has 0 N–H and O–H groups in total. The summed E-state index contributed by atoms with van der Waals surface area (Å²) in [5, 5.41) is 5.36. The Labute approximate surface area is 284 Å². The van der Waals surface area contributed by atoms with E-state index < -0.39 is 0 Å². The van der Waals surface area contributed by atoms with Crippen LogP contribution in [0.4, 0.5) is 0 Å². The molecule has 0 radical (unpaired) electrons. The smallest absolute Gasteiger partial charge is 0.0541 e. The third kappa shape index (κ3) is 3.23. The van der Waals surface area contributed by atoms with Crippen LogP contribution in [0.2, 0.25) is 0 Å². The summed E-state index contributed by atoms with van der Waals surface area (Å²) in [7, 11) is 0. The summed E-state index contributed by atoms with van der Waals surface area (Å²) in [6.45, 7) is 0. The van der Waals surface area contributed by atoms with Crippen LogP contribution in [0.5, 0.6) is 0 Å². The third-order valence-electron chi connectivity index (χ3n) is 13.2. The Balaban J connectivity index is 1.07. The lowest BCUT2D eigenvalue weighted by Gasteiger charge is -2.61. The molecule has 1 spiro atoms. The number of nitrogens with zero attached hydrogens (tertiary/aromatic N) is 1. The Morgan fingerprint density at radius 3 is 2.06 bits per heavy atom. The van der Waals surface area contributed by atoms with Gasteiger partial charge in [0.1, 0.15) is 0 Å². The van der Waals surface area contributed by atoms with E-state index in [0.29, 0.717) is 0 Å². The predicted molar refractivity (Wildman–Crippen MR) is 202 cm³/mol. The van der Waals surface area contributed by atoms with Crippen molar-refractivity contribution < 1.29 is 0 Å². The van der Waals surface area contributed by atoms with Gasteiger partial charge in [0, 0.05) is 42.0 Å². The zero-order valence-electron chi connectivity index (χ0n) is 26.8. The summed E-state index contributed by atoms with van der Waals surface area (Å²) in [5.41, 5.74) is 12.9. The minimum atomic E-state index is 0.209. The maximum absolute atomic E-state index is 2.56. The van der Waals surface area contributed by atoms with Crippen molar-refractivity contribution in [1.29, 1.82) is 0 Å². The second kappa shape index (κ2) is 9.27. The number of aromatic nitrogens is 1. The third-order valence-corrected chi connectivity index (χ3v) is 14.3. The normalized spacial score (nSPS) is 25.2. The van der Waals surface area contributed by atoms with Gasteiger partial charge in [-0.25, -0.2) is 0 Å². The van der Waals surface area contributed by atoms with Crippen LogP contribution in [-0.4, -0.2) is 4.57 Å². The van der Waals surface area contributed by atoms with E-state index in [1.807, 2.05) is 11.3 Å². The first-order valence-electron chi connectivity index (χ1n) is 17.9.